The third-order valence-corrected chi connectivity index (χ3v) is 5.36. The number of aryl methyl sites for hydroxylation is 1. The maximum Gasteiger partial charge on any atom is 0.228 e. The summed E-state index contributed by atoms with van der Waals surface area (Å²) in [5.74, 6) is 3.55. The van der Waals surface area contributed by atoms with E-state index in [-0.39, 0.29) is 5.92 Å². The average molecular weight is 407 g/mol. The standard InChI is InChI=1S/C18H30N8OS/c1-5-14-21-18(28-24-14)26-11-9-25(10-12-26)17(19-6-2)20-8-7-15-22-16(13(3)4)23-27-15/h13H,5-12H2,1-4H3,(H,19,20). The summed E-state index contributed by atoms with van der Waals surface area (Å²) < 4.78 is 9.70. The Morgan fingerprint density at radius 3 is 2.61 bits per heavy atom. The number of nitrogens with zero attached hydrogens (tertiary/aromatic N) is 7. The van der Waals surface area contributed by atoms with Crippen LogP contribution >= 0.6 is 11.5 Å². The number of guanidine groups is 1. The van der Waals surface area contributed by atoms with E-state index in [9.17, 15) is 0 Å². The van der Waals surface area contributed by atoms with Crippen molar-refractivity contribution >= 4 is 22.6 Å². The molecule has 0 bridgehead atoms. The minimum absolute atomic E-state index is 0.274. The molecule has 10 heteroatoms. The summed E-state index contributed by atoms with van der Waals surface area (Å²) in [5.41, 5.74) is 0. The van der Waals surface area contributed by atoms with E-state index < -0.39 is 0 Å². The first-order valence-corrected chi connectivity index (χ1v) is 10.8. The van der Waals surface area contributed by atoms with Crippen LogP contribution in [0.1, 0.15) is 51.2 Å². The molecule has 1 fully saturated rings. The van der Waals surface area contributed by atoms with E-state index in [1.54, 1.807) is 0 Å². The second kappa shape index (κ2) is 9.81. The Morgan fingerprint density at radius 2 is 2.00 bits per heavy atom. The first-order chi connectivity index (χ1) is 13.6. The van der Waals surface area contributed by atoms with E-state index in [1.807, 2.05) is 0 Å². The van der Waals surface area contributed by atoms with Crippen molar-refractivity contribution in [1.29, 1.82) is 0 Å². The zero-order chi connectivity index (χ0) is 19.9. The molecule has 2 aromatic rings. The van der Waals surface area contributed by atoms with E-state index >= 15 is 0 Å². The lowest BCUT2D eigenvalue weighted by Crippen LogP contribution is -2.52. The normalized spacial score (nSPS) is 15.5. The predicted octanol–water partition coefficient (Wildman–Crippen LogP) is 1.94. The van der Waals surface area contributed by atoms with Crippen LogP contribution in [0.25, 0.3) is 0 Å². The smallest absolute Gasteiger partial charge is 0.228 e. The van der Waals surface area contributed by atoms with Crippen molar-refractivity contribution in [3.63, 3.8) is 0 Å². The molecule has 1 aliphatic heterocycles. The summed E-state index contributed by atoms with van der Waals surface area (Å²) in [4.78, 5) is 18.4. The molecule has 3 heterocycles. The van der Waals surface area contributed by atoms with Gasteiger partial charge in [0.25, 0.3) is 0 Å². The molecule has 154 valence electrons. The van der Waals surface area contributed by atoms with Crippen LogP contribution in [-0.4, -0.2) is 69.6 Å². The van der Waals surface area contributed by atoms with Crippen LogP contribution in [0.3, 0.4) is 0 Å². The molecule has 9 nitrogen and oxygen atoms in total. The molecule has 0 unspecified atom stereocenters. The number of nitrogens with one attached hydrogen (secondary N) is 1. The van der Waals surface area contributed by atoms with Crippen LogP contribution in [0.15, 0.2) is 9.52 Å². The number of anilines is 1. The molecule has 0 saturated carbocycles. The lowest BCUT2D eigenvalue weighted by atomic mass is 10.2. The van der Waals surface area contributed by atoms with E-state index in [0.29, 0.717) is 18.9 Å². The topological polar surface area (TPSA) is 95.6 Å². The van der Waals surface area contributed by atoms with Gasteiger partial charge in [-0.05, 0) is 6.92 Å². The van der Waals surface area contributed by atoms with Gasteiger partial charge in [0, 0.05) is 63.0 Å². The number of piperazine rings is 1. The minimum atomic E-state index is 0.274. The van der Waals surface area contributed by atoms with Gasteiger partial charge >= 0.3 is 0 Å². The highest BCUT2D eigenvalue weighted by atomic mass is 32.1. The molecule has 0 aromatic carbocycles. The van der Waals surface area contributed by atoms with Gasteiger partial charge in [-0.15, -0.1) is 0 Å². The summed E-state index contributed by atoms with van der Waals surface area (Å²) >= 11 is 1.49. The van der Waals surface area contributed by atoms with Crippen molar-refractivity contribution < 1.29 is 4.52 Å². The van der Waals surface area contributed by atoms with E-state index in [2.05, 4.69) is 62.3 Å². The molecule has 1 saturated heterocycles. The molecule has 0 spiro atoms. The number of aromatic nitrogens is 4. The summed E-state index contributed by atoms with van der Waals surface area (Å²) in [7, 11) is 0. The quantitative estimate of drug-likeness (QED) is 0.550. The van der Waals surface area contributed by atoms with Gasteiger partial charge in [0.1, 0.15) is 5.82 Å². The van der Waals surface area contributed by atoms with Crippen molar-refractivity contribution in [2.45, 2.75) is 46.5 Å². The van der Waals surface area contributed by atoms with E-state index in [4.69, 9.17) is 9.52 Å². The van der Waals surface area contributed by atoms with Gasteiger partial charge in [0.15, 0.2) is 11.8 Å². The van der Waals surface area contributed by atoms with Crippen molar-refractivity contribution in [2.75, 3.05) is 44.2 Å². The summed E-state index contributed by atoms with van der Waals surface area (Å²) in [6, 6.07) is 0. The van der Waals surface area contributed by atoms with Gasteiger partial charge in [0.05, 0.1) is 6.54 Å². The van der Waals surface area contributed by atoms with E-state index in [1.165, 1.54) is 11.5 Å². The SMILES string of the molecule is CCNC(=NCCc1nc(C(C)C)no1)N1CCN(c2nc(CC)ns2)CC1. The average Bonchev–Trinajstić information content (AvgIpc) is 3.37. The Labute approximate surface area is 170 Å². The molecular formula is C18H30N8OS. The molecule has 1 aliphatic rings. The first kappa shape index (κ1) is 20.5. The fourth-order valence-electron chi connectivity index (χ4n) is 2.91. The third-order valence-electron chi connectivity index (χ3n) is 4.55. The molecular weight excluding hydrogens is 376 g/mol. The van der Waals surface area contributed by atoms with Gasteiger partial charge in [-0.3, -0.25) is 4.99 Å². The second-order valence-electron chi connectivity index (χ2n) is 7.01. The second-order valence-corrected chi connectivity index (χ2v) is 7.74. The number of hydrogen-bond donors (Lipinski definition) is 1. The Balaban J connectivity index is 1.53. The highest BCUT2D eigenvalue weighted by molar-refractivity contribution is 7.09. The predicted molar refractivity (Wildman–Crippen MR) is 111 cm³/mol. The minimum Gasteiger partial charge on any atom is -0.357 e. The van der Waals surface area contributed by atoms with Gasteiger partial charge in [-0.2, -0.15) is 9.36 Å². The zero-order valence-corrected chi connectivity index (χ0v) is 18.0. The highest BCUT2D eigenvalue weighted by Crippen LogP contribution is 2.19. The lowest BCUT2D eigenvalue weighted by Gasteiger charge is -2.36. The number of aliphatic imine (C=N–C) groups is 1. The molecule has 0 aliphatic carbocycles. The van der Waals surface area contributed by atoms with E-state index in [0.717, 1.165) is 61.9 Å². The van der Waals surface area contributed by atoms with Crippen LogP contribution in [0.5, 0.6) is 0 Å². The first-order valence-electron chi connectivity index (χ1n) is 10.0. The molecule has 0 atom stereocenters. The van der Waals surface area contributed by atoms with Crippen LogP contribution in [0.4, 0.5) is 5.13 Å². The Bertz CT molecular complexity index is 763. The number of hydrogen-bond acceptors (Lipinski definition) is 8. The van der Waals surface area contributed by atoms with Crippen LogP contribution in [0, 0.1) is 0 Å². The van der Waals surface area contributed by atoms with Crippen LogP contribution in [0.2, 0.25) is 0 Å². The number of rotatable bonds is 7. The third kappa shape index (κ3) is 5.18. The van der Waals surface area contributed by atoms with Gasteiger partial charge in [0.2, 0.25) is 11.0 Å². The summed E-state index contributed by atoms with van der Waals surface area (Å²) in [6.45, 7) is 13.4. The van der Waals surface area contributed by atoms with Crippen molar-refractivity contribution in [3.05, 3.63) is 17.5 Å². The largest absolute Gasteiger partial charge is 0.357 e. The molecule has 28 heavy (non-hydrogen) atoms. The van der Waals surface area contributed by atoms with Gasteiger partial charge < -0.3 is 19.6 Å². The summed E-state index contributed by atoms with van der Waals surface area (Å²) in [6.07, 6.45) is 1.53. The van der Waals surface area contributed by atoms with Gasteiger partial charge in [-0.1, -0.05) is 25.9 Å². The Hall–Kier alpha value is -2.23. The van der Waals surface area contributed by atoms with Crippen molar-refractivity contribution in [3.8, 4) is 0 Å². The monoisotopic (exact) mass is 406 g/mol. The summed E-state index contributed by atoms with van der Waals surface area (Å²) in [5, 5.41) is 8.43. The van der Waals surface area contributed by atoms with Crippen molar-refractivity contribution in [1.82, 2.24) is 29.7 Å². The Morgan fingerprint density at radius 1 is 1.21 bits per heavy atom. The van der Waals surface area contributed by atoms with Crippen LogP contribution in [-0.2, 0) is 12.8 Å². The van der Waals surface area contributed by atoms with Crippen LogP contribution < -0.4 is 10.2 Å². The van der Waals surface area contributed by atoms with Crippen molar-refractivity contribution in [2.24, 2.45) is 4.99 Å². The molecule has 2 aromatic heterocycles. The Kier molecular flexibility index (Phi) is 7.18. The highest BCUT2D eigenvalue weighted by Gasteiger charge is 2.22. The fraction of sp³-hybridized carbons (Fsp3) is 0.722. The maximum atomic E-state index is 5.30. The molecule has 0 amide bonds. The maximum absolute atomic E-state index is 5.30. The molecule has 0 radical (unpaired) electrons. The fourth-order valence-corrected chi connectivity index (χ4v) is 3.71. The lowest BCUT2D eigenvalue weighted by molar-refractivity contribution is 0.366. The zero-order valence-electron chi connectivity index (χ0n) is 17.2. The molecule has 1 N–H and O–H groups in total. The molecule has 3 rings (SSSR count). The van der Waals surface area contributed by atoms with Gasteiger partial charge in [-0.25, -0.2) is 4.98 Å².